The fraction of sp³-hybridized carbons (Fsp3) is 0.867. The molecule has 122 valence electrons. The lowest BCUT2D eigenvalue weighted by Gasteiger charge is -2.41. The molecule has 0 saturated carbocycles. The number of rotatable bonds is 6. The van der Waals surface area contributed by atoms with Crippen molar-refractivity contribution in [2.75, 3.05) is 32.8 Å². The lowest BCUT2D eigenvalue weighted by Crippen LogP contribution is -2.58. The van der Waals surface area contributed by atoms with Crippen molar-refractivity contribution in [3.63, 3.8) is 0 Å². The molecule has 1 fully saturated rings. The average molecular weight is 299 g/mol. The Kier molecular flexibility index (Phi) is 6.61. The van der Waals surface area contributed by atoms with Gasteiger partial charge in [-0.2, -0.15) is 0 Å². The van der Waals surface area contributed by atoms with Gasteiger partial charge in [0.15, 0.2) is 0 Å². The van der Waals surface area contributed by atoms with Crippen LogP contribution in [0.4, 0.5) is 0 Å². The summed E-state index contributed by atoms with van der Waals surface area (Å²) in [7, 11) is 0. The second-order valence-electron chi connectivity index (χ2n) is 6.55. The molecule has 6 nitrogen and oxygen atoms in total. The smallest absolute Gasteiger partial charge is 0.242 e. The molecule has 1 heterocycles. The summed E-state index contributed by atoms with van der Waals surface area (Å²) in [5.41, 5.74) is -0.128. The Labute approximate surface area is 127 Å². The van der Waals surface area contributed by atoms with E-state index in [4.69, 9.17) is 4.74 Å². The SMILES string of the molecule is CC(=O)N[C@H](C(=O)NCC(C)(C)N1CCOCC1)C(C)C. The zero-order chi connectivity index (χ0) is 16.0. The number of morpholine rings is 1. The summed E-state index contributed by atoms with van der Waals surface area (Å²) in [5.74, 6) is -0.252. The van der Waals surface area contributed by atoms with Crippen LogP contribution in [0.25, 0.3) is 0 Å². The molecule has 0 radical (unpaired) electrons. The van der Waals surface area contributed by atoms with Crippen LogP contribution >= 0.6 is 0 Å². The van der Waals surface area contributed by atoms with Gasteiger partial charge in [0.25, 0.3) is 0 Å². The van der Waals surface area contributed by atoms with E-state index in [1.807, 2.05) is 13.8 Å². The fourth-order valence-corrected chi connectivity index (χ4v) is 2.45. The molecule has 0 aromatic heterocycles. The Morgan fingerprint density at radius 1 is 1.24 bits per heavy atom. The lowest BCUT2D eigenvalue weighted by atomic mass is 10.00. The van der Waals surface area contributed by atoms with Crippen molar-refractivity contribution in [2.45, 2.75) is 46.2 Å². The van der Waals surface area contributed by atoms with Gasteiger partial charge >= 0.3 is 0 Å². The van der Waals surface area contributed by atoms with Crippen LogP contribution in [0, 0.1) is 5.92 Å². The Hall–Kier alpha value is -1.14. The summed E-state index contributed by atoms with van der Waals surface area (Å²) < 4.78 is 5.36. The Morgan fingerprint density at radius 2 is 1.81 bits per heavy atom. The monoisotopic (exact) mass is 299 g/mol. The first-order chi connectivity index (χ1) is 9.74. The second-order valence-corrected chi connectivity index (χ2v) is 6.55. The molecule has 2 N–H and O–H groups in total. The average Bonchev–Trinajstić information content (AvgIpc) is 2.43. The molecule has 0 aliphatic carbocycles. The normalized spacial score (nSPS) is 18.4. The minimum absolute atomic E-state index is 0.0559. The topological polar surface area (TPSA) is 70.7 Å². The van der Waals surface area contributed by atoms with E-state index in [0.717, 1.165) is 26.3 Å². The number of carbonyl (C=O) groups excluding carboxylic acids is 2. The third-order valence-corrected chi connectivity index (χ3v) is 3.87. The number of ether oxygens (including phenoxy) is 1. The quantitative estimate of drug-likeness (QED) is 0.743. The number of carbonyl (C=O) groups is 2. The Balaban J connectivity index is 2.54. The highest BCUT2D eigenvalue weighted by atomic mass is 16.5. The molecule has 1 rings (SSSR count). The molecule has 6 heteroatoms. The Bertz CT molecular complexity index is 363. The molecule has 1 aliphatic heterocycles. The molecule has 0 aromatic rings. The van der Waals surface area contributed by atoms with Gasteiger partial charge in [-0.3, -0.25) is 14.5 Å². The maximum Gasteiger partial charge on any atom is 0.242 e. The van der Waals surface area contributed by atoms with Gasteiger partial charge in [-0.1, -0.05) is 13.8 Å². The highest BCUT2D eigenvalue weighted by Gasteiger charge is 2.30. The third-order valence-electron chi connectivity index (χ3n) is 3.87. The van der Waals surface area contributed by atoms with Crippen molar-refractivity contribution in [1.82, 2.24) is 15.5 Å². The summed E-state index contributed by atoms with van der Waals surface area (Å²) in [5, 5.41) is 5.68. The van der Waals surface area contributed by atoms with Crippen LogP contribution in [0.1, 0.15) is 34.6 Å². The van der Waals surface area contributed by atoms with Crippen molar-refractivity contribution in [1.29, 1.82) is 0 Å². The standard InChI is InChI=1S/C15H29N3O3/c1-11(2)13(17-12(3)19)14(20)16-10-15(4,5)18-6-8-21-9-7-18/h11,13H,6-10H2,1-5H3,(H,16,20)(H,17,19)/t13-/m0/s1. The molecular formula is C15H29N3O3. The number of nitrogens with one attached hydrogen (secondary N) is 2. The van der Waals surface area contributed by atoms with Crippen molar-refractivity contribution < 1.29 is 14.3 Å². The van der Waals surface area contributed by atoms with Crippen LogP contribution in [0.2, 0.25) is 0 Å². The van der Waals surface area contributed by atoms with Gasteiger partial charge in [-0.25, -0.2) is 0 Å². The van der Waals surface area contributed by atoms with E-state index in [-0.39, 0.29) is 23.3 Å². The van der Waals surface area contributed by atoms with Gasteiger partial charge in [0.2, 0.25) is 11.8 Å². The van der Waals surface area contributed by atoms with Gasteiger partial charge < -0.3 is 15.4 Å². The van der Waals surface area contributed by atoms with Gasteiger partial charge in [0, 0.05) is 32.1 Å². The molecular weight excluding hydrogens is 270 g/mol. The summed E-state index contributed by atoms with van der Waals surface area (Å²) in [6.07, 6.45) is 0. The summed E-state index contributed by atoms with van der Waals surface area (Å²) in [6.45, 7) is 13.3. The predicted molar refractivity (Wildman–Crippen MR) is 81.9 cm³/mol. The van der Waals surface area contributed by atoms with Crippen molar-refractivity contribution in [3.8, 4) is 0 Å². The van der Waals surface area contributed by atoms with Crippen LogP contribution in [0.15, 0.2) is 0 Å². The minimum atomic E-state index is -0.483. The van der Waals surface area contributed by atoms with Crippen LogP contribution in [0.3, 0.4) is 0 Å². The molecule has 1 atom stereocenters. The Morgan fingerprint density at radius 3 is 2.29 bits per heavy atom. The largest absolute Gasteiger partial charge is 0.379 e. The maximum atomic E-state index is 12.3. The van der Waals surface area contributed by atoms with Gasteiger partial charge in [-0.05, 0) is 19.8 Å². The van der Waals surface area contributed by atoms with E-state index in [0.29, 0.717) is 6.54 Å². The van der Waals surface area contributed by atoms with Crippen LogP contribution in [-0.2, 0) is 14.3 Å². The minimum Gasteiger partial charge on any atom is -0.379 e. The van der Waals surface area contributed by atoms with Crippen LogP contribution in [0.5, 0.6) is 0 Å². The molecule has 1 aliphatic rings. The summed E-state index contributed by atoms with van der Waals surface area (Å²) in [4.78, 5) is 25.8. The number of hydrogen-bond donors (Lipinski definition) is 2. The van der Waals surface area contributed by atoms with E-state index in [9.17, 15) is 9.59 Å². The molecule has 0 aromatic carbocycles. The summed E-state index contributed by atoms with van der Waals surface area (Å²) >= 11 is 0. The molecule has 1 saturated heterocycles. The van der Waals surface area contributed by atoms with E-state index in [2.05, 4.69) is 29.4 Å². The highest BCUT2D eigenvalue weighted by Crippen LogP contribution is 2.15. The lowest BCUT2D eigenvalue weighted by molar-refractivity contribution is -0.129. The van der Waals surface area contributed by atoms with E-state index in [1.54, 1.807) is 0 Å². The molecule has 0 bridgehead atoms. The van der Waals surface area contributed by atoms with Crippen molar-refractivity contribution >= 4 is 11.8 Å². The molecule has 21 heavy (non-hydrogen) atoms. The van der Waals surface area contributed by atoms with E-state index < -0.39 is 6.04 Å². The summed E-state index contributed by atoms with van der Waals surface area (Å²) in [6, 6.07) is -0.483. The first-order valence-corrected chi connectivity index (χ1v) is 7.61. The number of amides is 2. The van der Waals surface area contributed by atoms with Crippen molar-refractivity contribution in [2.24, 2.45) is 5.92 Å². The zero-order valence-corrected chi connectivity index (χ0v) is 13.9. The van der Waals surface area contributed by atoms with Crippen molar-refractivity contribution in [3.05, 3.63) is 0 Å². The number of hydrogen-bond acceptors (Lipinski definition) is 4. The van der Waals surface area contributed by atoms with Gasteiger partial charge in [0.05, 0.1) is 13.2 Å². The van der Waals surface area contributed by atoms with Gasteiger partial charge in [-0.15, -0.1) is 0 Å². The maximum absolute atomic E-state index is 12.3. The van der Waals surface area contributed by atoms with Crippen LogP contribution in [-0.4, -0.2) is 61.1 Å². The first-order valence-electron chi connectivity index (χ1n) is 7.61. The van der Waals surface area contributed by atoms with Gasteiger partial charge in [0.1, 0.15) is 6.04 Å². The first kappa shape index (κ1) is 17.9. The zero-order valence-electron chi connectivity index (χ0n) is 13.9. The molecule has 0 unspecified atom stereocenters. The number of nitrogens with zero attached hydrogens (tertiary/aromatic N) is 1. The van der Waals surface area contributed by atoms with E-state index >= 15 is 0 Å². The molecule has 2 amide bonds. The second kappa shape index (κ2) is 7.75. The molecule has 0 spiro atoms. The fourth-order valence-electron chi connectivity index (χ4n) is 2.45. The third kappa shape index (κ3) is 5.63. The van der Waals surface area contributed by atoms with E-state index in [1.165, 1.54) is 6.92 Å². The van der Waals surface area contributed by atoms with Crippen LogP contribution < -0.4 is 10.6 Å². The predicted octanol–water partition coefficient (Wildman–Crippen LogP) is 0.374. The highest BCUT2D eigenvalue weighted by molar-refractivity contribution is 5.87.